The molecule has 0 saturated heterocycles. The Bertz CT molecular complexity index is 1250. The van der Waals surface area contributed by atoms with Gasteiger partial charge in [-0.15, -0.1) is 0 Å². The zero-order valence-corrected chi connectivity index (χ0v) is 31.2. The van der Waals surface area contributed by atoms with E-state index in [2.05, 4.69) is 16.0 Å². The van der Waals surface area contributed by atoms with Gasteiger partial charge in [-0.05, 0) is 33.1 Å². The van der Waals surface area contributed by atoms with Crippen LogP contribution in [0, 0.1) is 5.92 Å². The molecule has 306 valence electrons. The molecule has 2 atom stereocenters. The SMILES string of the molecule is CC(=O)CCC(=O)N[C@@H](CCCCNC(=O)CCOCCOCCOCCOCCNC(=O)CCN1C(=O)C=CC1=O)C(=O)C[C@@H](CC(=O)O)C(C)=O.O. The molecule has 0 bridgehead atoms. The molecule has 0 saturated carbocycles. The van der Waals surface area contributed by atoms with Crippen LogP contribution in [0.1, 0.15) is 71.6 Å². The van der Waals surface area contributed by atoms with E-state index >= 15 is 0 Å². The lowest BCUT2D eigenvalue weighted by molar-refractivity contribution is -0.141. The van der Waals surface area contributed by atoms with Gasteiger partial charge in [0.1, 0.15) is 11.6 Å². The lowest BCUT2D eigenvalue weighted by atomic mass is 9.91. The maximum absolute atomic E-state index is 12.9. The highest BCUT2D eigenvalue weighted by atomic mass is 16.6. The molecule has 0 aromatic carbocycles. The van der Waals surface area contributed by atoms with Crippen molar-refractivity contribution in [1.29, 1.82) is 0 Å². The van der Waals surface area contributed by atoms with Crippen molar-refractivity contribution in [3.8, 4) is 0 Å². The van der Waals surface area contributed by atoms with Crippen molar-refractivity contribution >= 4 is 52.9 Å². The van der Waals surface area contributed by atoms with E-state index in [9.17, 15) is 43.2 Å². The topological polar surface area (TPSA) is 282 Å². The van der Waals surface area contributed by atoms with Crippen LogP contribution in [0.2, 0.25) is 0 Å². The number of hydrogen-bond donors (Lipinski definition) is 4. The number of aliphatic carboxylic acids is 1. The molecule has 0 aromatic rings. The van der Waals surface area contributed by atoms with Crippen LogP contribution in [0.25, 0.3) is 0 Å². The number of carbonyl (C=O) groups is 9. The summed E-state index contributed by atoms with van der Waals surface area (Å²) in [6.45, 7) is 5.60. The average molecular weight is 773 g/mol. The Morgan fingerprint density at radius 2 is 1.20 bits per heavy atom. The van der Waals surface area contributed by atoms with E-state index < -0.39 is 53.6 Å². The summed E-state index contributed by atoms with van der Waals surface area (Å²) in [6, 6.07) is -0.949. The second kappa shape index (κ2) is 30.0. The quantitative estimate of drug-likeness (QED) is 0.0452. The number of imide groups is 1. The third-order valence-electron chi connectivity index (χ3n) is 7.73. The first-order valence-electron chi connectivity index (χ1n) is 17.7. The lowest BCUT2D eigenvalue weighted by Gasteiger charge is -2.20. The molecule has 1 aliphatic rings. The third-order valence-corrected chi connectivity index (χ3v) is 7.73. The number of nitrogens with one attached hydrogen (secondary N) is 3. The van der Waals surface area contributed by atoms with E-state index in [0.717, 1.165) is 4.90 Å². The molecular formula is C35H56N4O15. The second-order valence-corrected chi connectivity index (χ2v) is 12.2. The molecule has 0 aromatic heterocycles. The van der Waals surface area contributed by atoms with Crippen LogP contribution in [0.4, 0.5) is 0 Å². The molecule has 19 nitrogen and oxygen atoms in total. The fourth-order valence-electron chi connectivity index (χ4n) is 4.76. The molecule has 1 aliphatic heterocycles. The Morgan fingerprint density at radius 3 is 1.76 bits per heavy atom. The van der Waals surface area contributed by atoms with Gasteiger partial charge in [-0.3, -0.25) is 43.3 Å². The highest BCUT2D eigenvalue weighted by molar-refractivity contribution is 6.13. The Labute approximate surface area is 314 Å². The predicted molar refractivity (Wildman–Crippen MR) is 190 cm³/mol. The molecular weight excluding hydrogens is 716 g/mol. The first-order chi connectivity index (χ1) is 25.3. The summed E-state index contributed by atoms with van der Waals surface area (Å²) in [7, 11) is 0. The number of rotatable bonds is 33. The lowest BCUT2D eigenvalue weighted by Crippen LogP contribution is -2.42. The fraction of sp³-hybridized carbons (Fsp3) is 0.686. The van der Waals surface area contributed by atoms with Crippen molar-refractivity contribution in [3.63, 3.8) is 0 Å². The fourth-order valence-corrected chi connectivity index (χ4v) is 4.76. The summed E-state index contributed by atoms with van der Waals surface area (Å²) in [5.74, 6) is -5.15. The van der Waals surface area contributed by atoms with Crippen LogP contribution in [0.3, 0.4) is 0 Å². The van der Waals surface area contributed by atoms with Crippen molar-refractivity contribution in [3.05, 3.63) is 12.2 Å². The Balaban J connectivity index is 0.0000281. The van der Waals surface area contributed by atoms with Gasteiger partial charge in [-0.1, -0.05) is 0 Å². The number of ether oxygens (including phenoxy) is 4. The van der Waals surface area contributed by atoms with Crippen LogP contribution in [0.15, 0.2) is 12.2 Å². The minimum absolute atomic E-state index is 0. The number of ketones is 3. The van der Waals surface area contributed by atoms with E-state index in [1.54, 1.807) is 0 Å². The number of unbranched alkanes of at least 4 members (excludes halogenated alkanes) is 1. The largest absolute Gasteiger partial charge is 0.481 e. The van der Waals surface area contributed by atoms with Gasteiger partial charge in [-0.25, -0.2) is 0 Å². The van der Waals surface area contributed by atoms with E-state index in [4.69, 9.17) is 24.1 Å². The number of nitrogens with zero attached hydrogens (tertiary/aromatic N) is 1. The van der Waals surface area contributed by atoms with E-state index in [-0.39, 0.29) is 94.5 Å². The van der Waals surface area contributed by atoms with Gasteiger partial charge in [0, 0.05) is 69.8 Å². The molecule has 6 N–H and O–H groups in total. The summed E-state index contributed by atoms with van der Waals surface area (Å²) < 4.78 is 21.6. The Kier molecular flexibility index (Phi) is 27.5. The highest BCUT2D eigenvalue weighted by Gasteiger charge is 2.27. The molecule has 0 spiro atoms. The van der Waals surface area contributed by atoms with Crippen LogP contribution in [0.5, 0.6) is 0 Å². The minimum Gasteiger partial charge on any atom is -0.481 e. The van der Waals surface area contributed by atoms with Crippen molar-refractivity contribution in [1.82, 2.24) is 20.9 Å². The summed E-state index contributed by atoms with van der Waals surface area (Å²) in [6.07, 6.45) is 2.76. The zero-order valence-electron chi connectivity index (χ0n) is 31.2. The molecule has 54 heavy (non-hydrogen) atoms. The van der Waals surface area contributed by atoms with Gasteiger partial charge in [0.2, 0.25) is 17.7 Å². The third kappa shape index (κ3) is 24.7. The van der Waals surface area contributed by atoms with E-state index in [1.165, 1.54) is 26.0 Å². The Morgan fingerprint density at radius 1 is 0.667 bits per heavy atom. The summed E-state index contributed by atoms with van der Waals surface area (Å²) in [4.78, 5) is 107. The van der Waals surface area contributed by atoms with Gasteiger partial charge < -0.3 is 50.3 Å². The molecule has 0 radical (unpaired) electrons. The van der Waals surface area contributed by atoms with Crippen molar-refractivity contribution < 1.29 is 72.7 Å². The number of carboxylic acid groups (broad SMARTS) is 1. The molecule has 0 unspecified atom stereocenters. The zero-order chi connectivity index (χ0) is 39.4. The number of amides is 5. The summed E-state index contributed by atoms with van der Waals surface area (Å²) in [5.41, 5.74) is 0. The van der Waals surface area contributed by atoms with Crippen molar-refractivity contribution in [2.24, 2.45) is 5.92 Å². The number of hydrogen-bond acceptors (Lipinski definition) is 13. The molecule has 19 heteroatoms. The van der Waals surface area contributed by atoms with Crippen LogP contribution in [-0.4, -0.2) is 147 Å². The standard InChI is InChI=1S/C35H54N4O14.H2O/c1-25(40)6-7-32(45)38-28(29(42)23-27(26(2)41)24-35(48)49)5-3-4-12-36-31(44)11-15-50-17-19-52-21-22-53-20-18-51-16-13-37-30(43)10-14-39-33(46)8-9-34(39)47;/h8-9,27-28H,3-7,10-24H2,1-2H3,(H,36,44)(H,37,43)(H,38,45)(H,48,49);1H2/t27-,28-;/m0./s1. The van der Waals surface area contributed by atoms with Gasteiger partial charge in [0.15, 0.2) is 5.78 Å². The summed E-state index contributed by atoms with van der Waals surface area (Å²) in [5, 5.41) is 17.1. The molecule has 1 heterocycles. The number of carbonyl (C=O) groups excluding carboxylic acids is 8. The first-order valence-corrected chi connectivity index (χ1v) is 17.7. The molecule has 0 fully saturated rings. The van der Waals surface area contributed by atoms with E-state index in [0.29, 0.717) is 52.4 Å². The second-order valence-electron chi connectivity index (χ2n) is 12.2. The predicted octanol–water partition coefficient (Wildman–Crippen LogP) is -1.17. The first kappa shape index (κ1) is 49.6. The summed E-state index contributed by atoms with van der Waals surface area (Å²) >= 11 is 0. The smallest absolute Gasteiger partial charge is 0.304 e. The van der Waals surface area contributed by atoms with Gasteiger partial charge >= 0.3 is 5.97 Å². The normalized spacial score (nSPS) is 13.2. The molecule has 1 rings (SSSR count). The maximum Gasteiger partial charge on any atom is 0.304 e. The molecule has 0 aliphatic carbocycles. The van der Waals surface area contributed by atoms with Gasteiger partial charge in [0.25, 0.3) is 11.8 Å². The molecule has 5 amide bonds. The number of carboxylic acids is 1. The van der Waals surface area contributed by atoms with Crippen LogP contribution < -0.4 is 16.0 Å². The van der Waals surface area contributed by atoms with Crippen LogP contribution in [-0.2, 0) is 62.1 Å². The Hall–Kier alpha value is -4.43. The highest BCUT2D eigenvalue weighted by Crippen LogP contribution is 2.15. The van der Waals surface area contributed by atoms with Gasteiger partial charge in [0.05, 0.1) is 65.3 Å². The van der Waals surface area contributed by atoms with E-state index in [1.807, 2.05) is 0 Å². The minimum atomic E-state index is -1.21. The van der Waals surface area contributed by atoms with Crippen molar-refractivity contribution in [2.75, 3.05) is 72.5 Å². The maximum atomic E-state index is 12.9. The average Bonchev–Trinajstić information content (AvgIpc) is 3.42. The van der Waals surface area contributed by atoms with Gasteiger partial charge in [-0.2, -0.15) is 0 Å². The number of Topliss-reactive ketones (excluding diaryl/α,β-unsaturated/α-hetero) is 3. The van der Waals surface area contributed by atoms with Crippen LogP contribution >= 0.6 is 0 Å². The van der Waals surface area contributed by atoms with Crippen molar-refractivity contribution in [2.45, 2.75) is 77.7 Å². The monoisotopic (exact) mass is 772 g/mol.